The second kappa shape index (κ2) is 11.6. The van der Waals surface area contributed by atoms with Gasteiger partial charge in [0.2, 0.25) is 23.4 Å². The molecule has 0 aliphatic carbocycles. The number of para-hydroxylation sites is 1. The highest BCUT2D eigenvalue weighted by Crippen LogP contribution is 2.26. The average Bonchev–Trinajstić information content (AvgIpc) is 2.82. The van der Waals surface area contributed by atoms with E-state index in [0.717, 1.165) is 0 Å². The minimum Gasteiger partial charge on any atom is -0.481 e. The number of Topliss-reactive ketones (excluding diaryl/α,β-unsaturated/α-hetero) is 1. The summed E-state index contributed by atoms with van der Waals surface area (Å²) in [6.07, 6.45) is -0.892. The lowest BCUT2D eigenvalue weighted by Crippen LogP contribution is -2.54. The largest absolute Gasteiger partial charge is 0.481 e. The summed E-state index contributed by atoms with van der Waals surface area (Å²) >= 11 is 0. The number of carbonyl (C=O) groups excluding carboxylic acids is 3. The number of hydrogen-bond donors (Lipinski definition) is 2. The zero-order chi connectivity index (χ0) is 26.4. The van der Waals surface area contributed by atoms with E-state index in [-0.39, 0.29) is 25.1 Å². The zero-order valence-electron chi connectivity index (χ0n) is 18.7. The first-order valence-electron chi connectivity index (χ1n) is 10.6. The third-order valence-electron chi connectivity index (χ3n) is 5.27. The van der Waals surface area contributed by atoms with E-state index in [1.54, 1.807) is 35.2 Å². The SMILES string of the molecule is O=C(O)C[C@H](NC(=O)CN1CCN(c2ccccc2)C(=O)C1)C(=O)COc1c(F)c(F)cc(F)c1F. The molecule has 192 valence electrons. The summed E-state index contributed by atoms with van der Waals surface area (Å²) in [6.45, 7) is -1.01. The Kier molecular flexibility index (Phi) is 8.59. The van der Waals surface area contributed by atoms with Crippen LogP contribution in [-0.4, -0.2) is 72.4 Å². The van der Waals surface area contributed by atoms with E-state index in [1.807, 2.05) is 0 Å². The molecule has 2 amide bonds. The Morgan fingerprint density at radius 2 is 1.67 bits per heavy atom. The molecular weight excluding hydrogens is 490 g/mol. The third kappa shape index (κ3) is 6.56. The second-order valence-corrected chi connectivity index (χ2v) is 7.86. The van der Waals surface area contributed by atoms with E-state index < -0.39 is 65.7 Å². The van der Waals surface area contributed by atoms with E-state index in [9.17, 15) is 36.7 Å². The van der Waals surface area contributed by atoms with Crippen LogP contribution in [0, 0.1) is 23.3 Å². The maximum Gasteiger partial charge on any atom is 0.305 e. The Hall–Kier alpha value is -4.00. The lowest BCUT2D eigenvalue weighted by molar-refractivity contribution is -0.140. The molecule has 3 rings (SSSR count). The standard InChI is InChI=1S/C23H21F4N3O6/c24-14-8-15(25)22(27)23(21(14)26)36-12-17(31)16(9-20(34)35)28-18(32)10-29-6-7-30(19(33)11-29)13-4-2-1-3-5-13/h1-5,8,16H,6-7,9-12H2,(H,28,32)(H,34,35)/t16-/m0/s1. The summed E-state index contributed by atoms with van der Waals surface area (Å²) in [6, 6.07) is 7.18. The van der Waals surface area contributed by atoms with Crippen LogP contribution in [0.25, 0.3) is 0 Å². The van der Waals surface area contributed by atoms with Gasteiger partial charge in [-0.2, -0.15) is 8.78 Å². The van der Waals surface area contributed by atoms with Crippen LogP contribution in [0.4, 0.5) is 23.2 Å². The van der Waals surface area contributed by atoms with Gasteiger partial charge in [0.25, 0.3) is 0 Å². The van der Waals surface area contributed by atoms with Crippen molar-refractivity contribution < 1.29 is 46.6 Å². The van der Waals surface area contributed by atoms with Crippen LogP contribution < -0.4 is 15.0 Å². The van der Waals surface area contributed by atoms with Crippen LogP contribution in [0.3, 0.4) is 0 Å². The van der Waals surface area contributed by atoms with Gasteiger partial charge in [0.1, 0.15) is 12.6 Å². The van der Waals surface area contributed by atoms with Crippen LogP contribution in [0.1, 0.15) is 6.42 Å². The molecular formula is C23H21F4N3O6. The van der Waals surface area contributed by atoms with E-state index in [4.69, 9.17) is 5.11 Å². The molecule has 0 unspecified atom stereocenters. The number of nitrogens with zero attached hydrogens (tertiary/aromatic N) is 2. The Balaban J connectivity index is 1.58. The van der Waals surface area contributed by atoms with Crippen molar-refractivity contribution in [2.24, 2.45) is 0 Å². The van der Waals surface area contributed by atoms with Gasteiger partial charge in [-0.25, -0.2) is 8.78 Å². The summed E-state index contributed by atoms with van der Waals surface area (Å²) in [5.41, 5.74) is 0.699. The number of ether oxygens (including phenoxy) is 1. The normalized spacial score (nSPS) is 14.9. The van der Waals surface area contributed by atoms with Gasteiger partial charge in [0.05, 0.1) is 19.5 Å². The van der Waals surface area contributed by atoms with Gasteiger partial charge >= 0.3 is 5.97 Å². The summed E-state index contributed by atoms with van der Waals surface area (Å²) in [7, 11) is 0. The van der Waals surface area contributed by atoms with Gasteiger partial charge in [-0.05, 0) is 12.1 Å². The van der Waals surface area contributed by atoms with Gasteiger partial charge < -0.3 is 20.1 Å². The molecule has 0 aromatic heterocycles. The molecule has 2 aromatic rings. The molecule has 36 heavy (non-hydrogen) atoms. The smallest absolute Gasteiger partial charge is 0.305 e. The minimum atomic E-state index is -1.88. The lowest BCUT2D eigenvalue weighted by Gasteiger charge is -2.34. The van der Waals surface area contributed by atoms with Crippen molar-refractivity contribution in [3.63, 3.8) is 0 Å². The number of nitrogens with one attached hydrogen (secondary N) is 1. The van der Waals surface area contributed by atoms with Crippen molar-refractivity contribution >= 4 is 29.3 Å². The molecule has 0 saturated carbocycles. The molecule has 13 heteroatoms. The maximum absolute atomic E-state index is 13.7. The van der Waals surface area contributed by atoms with Crippen molar-refractivity contribution in [1.82, 2.24) is 10.2 Å². The third-order valence-corrected chi connectivity index (χ3v) is 5.27. The lowest BCUT2D eigenvalue weighted by atomic mass is 10.1. The molecule has 0 spiro atoms. The average molecular weight is 511 g/mol. The molecule has 9 nitrogen and oxygen atoms in total. The fourth-order valence-corrected chi connectivity index (χ4v) is 3.52. The van der Waals surface area contributed by atoms with Crippen molar-refractivity contribution in [2.75, 3.05) is 37.7 Å². The van der Waals surface area contributed by atoms with E-state index >= 15 is 0 Å². The quantitative estimate of drug-likeness (QED) is 0.367. The number of benzene rings is 2. The number of carboxylic acid groups (broad SMARTS) is 1. The number of amides is 2. The molecule has 1 aliphatic rings. The van der Waals surface area contributed by atoms with Gasteiger partial charge in [0, 0.05) is 24.8 Å². The van der Waals surface area contributed by atoms with Crippen molar-refractivity contribution in [3.05, 3.63) is 59.7 Å². The monoisotopic (exact) mass is 511 g/mol. The van der Waals surface area contributed by atoms with Gasteiger partial charge in [-0.15, -0.1) is 0 Å². The molecule has 1 saturated heterocycles. The van der Waals surface area contributed by atoms with Gasteiger partial charge in [-0.3, -0.25) is 24.1 Å². The second-order valence-electron chi connectivity index (χ2n) is 7.86. The Morgan fingerprint density at radius 3 is 2.25 bits per heavy atom. The Morgan fingerprint density at radius 1 is 1.03 bits per heavy atom. The molecule has 1 atom stereocenters. The number of hydrogen-bond acceptors (Lipinski definition) is 6. The zero-order valence-corrected chi connectivity index (χ0v) is 18.7. The number of ketones is 1. The first kappa shape index (κ1) is 26.6. The molecule has 2 aromatic carbocycles. The maximum atomic E-state index is 13.7. The van der Waals surface area contributed by atoms with Crippen LogP contribution in [0.15, 0.2) is 36.4 Å². The fraction of sp³-hybridized carbons (Fsp3) is 0.304. The van der Waals surface area contributed by atoms with Crippen LogP contribution in [0.5, 0.6) is 5.75 Å². The molecule has 0 bridgehead atoms. The number of aliphatic carboxylic acids is 1. The first-order valence-corrected chi connectivity index (χ1v) is 10.6. The van der Waals surface area contributed by atoms with Gasteiger partial charge in [0.15, 0.2) is 23.2 Å². The van der Waals surface area contributed by atoms with Crippen LogP contribution >= 0.6 is 0 Å². The number of rotatable bonds is 10. The molecule has 2 N–H and O–H groups in total. The topological polar surface area (TPSA) is 116 Å². The predicted molar refractivity (Wildman–Crippen MR) is 116 cm³/mol. The Bertz CT molecular complexity index is 1140. The van der Waals surface area contributed by atoms with Crippen LogP contribution in [-0.2, 0) is 19.2 Å². The molecule has 0 radical (unpaired) electrons. The van der Waals surface area contributed by atoms with E-state index in [1.165, 1.54) is 4.90 Å². The molecule has 1 fully saturated rings. The minimum absolute atomic E-state index is 0.0444. The van der Waals surface area contributed by atoms with Gasteiger partial charge in [-0.1, -0.05) is 18.2 Å². The van der Waals surface area contributed by atoms with Crippen molar-refractivity contribution in [1.29, 1.82) is 0 Å². The summed E-state index contributed by atoms with van der Waals surface area (Å²) < 4.78 is 58.6. The highest BCUT2D eigenvalue weighted by Gasteiger charge is 2.29. The molecule has 1 heterocycles. The number of carbonyl (C=O) groups is 4. The number of anilines is 1. The summed E-state index contributed by atoms with van der Waals surface area (Å²) in [5.74, 6) is -12.4. The van der Waals surface area contributed by atoms with E-state index in [0.29, 0.717) is 18.8 Å². The fourth-order valence-electron chi connectivity index (χ4n) is 3.52. The Labute approximate surface area is 202 Å². The number of piperazine rings is 1. The van der Waals surface area contributed by atoms with Crippen LogP contribution in [0.2, 0.25) is 0 Å². The first-order chi connectivity index (χ1) is 17.1. The summed E-state index contributed by atoms with van der Waals surface area (Å²) in [5, 5.41) is 11.3. The van der Waals surface area contributed by atoms with E-state index in [2.05, 4.69) is 10.1 Å². The summed E-state index contributed by atoms with van der Waals surface area (Å²) in [4.78, 5) is 51.5. The van der Waals surface area contributed by atoms with Crippen molar-refractivity contribution in [3.8, 4) is 5.75 Å². The molecule has 1 aliphatic heterocycles. The van der Waals surface area contributed by atoms with Crippen molar-refractivity contribution in [2.45, 2.75) is 12.5 Å². The number of halogens is 4. The highest BCUT2D eigenvalue weighted by atomic mass is 19.2. The highest BCUT2D eigenvalue weighted by molar-refractivity contribution is 5.96. The number of carboxylic acids is 1. The predicted octanol–water partition coefficient (Wildman–Crippen LogP) is 1.50.